The third kappa shape index (κ3) is 5.05. The van der Waals surface area contributed by atoms with Crippen molar-refractivity contribution in [3.63, 3.8) is 0 Å². The monoisotopic (exact) mass is 527 g/mol. The first kappa shape index (κ1) is 26.3. The number of aromatic nitrogens is 4. The lowest BCUT2D eigenvalue weighted by atomic mass is 10.0. The van der Waals surface area contributed by atoms with Crippen LogP contribution in [-0.4, -0.2) is 66.2 Å². The van der Waals surface area contributed by atoms with Crippen molar-refractivity contribution in [2.45, 2.75) is 51.8 Å². The summed E-state index contributed by atoms with van der Waals surface area (Å²) in [5.74, 6) is 0.627. The van der Waals surface area contributed by atoms with Crippen molar-refractivity contribution in [2.75, 3.05) is 18.0 Å². The highest BCUT2D eigenvalue weighted by Crippen LogP contribution is 2.39. The third-order valence-corrected chi connectivity index (χ3v) is 7.01. The van der Waals surface area contributed by atoms with E-state index in [0.29, 0.717) is 52.4 Å². The molecule has 0 unspecified atom stereocenters. The number of rotatable bonds is 5. The number of nitriles is 1. The number of nitrogens with zero attached hydrogens (tertiary/aromatic N) is 7. The molecule has 1 aliphatic heterocycles. The Morgan fingerprint density at radius 1 is 1.13 bits per heavy atom. The molecule has 3 aromatic heterocycles. The van der Waals surface area contributed by atoms with Gasteiger partial charge >= 0.3 is 0 Å². The average Bonchev–Trinajstić information content (AvgIpc) is 3.29. The Kier molecular flexibility index (Phi) is 6.78. The van der Waals surface area contributed by atoms with Gasteiger partial charge in [-0.15, -0.1) is 0 Å². The molecule has 4 aromatic rings. The Morgan fingerprint density at radius 2 is 1.90 bits per heavy atom. The zero-order valence-electron chi connectivity index (χ0n) is 22.3. The molecular formula is C29H30FN7O2. The topological polar surface area (TPSA) is 111 Å². The molecule has 10 heteroatoms. The molecule has 0 aliphatic carbocycles. The van der Waals surface area contributed by atoms with E-state index in [2.05, 4.69) is 25.9 Å². The van der Waals surface area contributed by atoms with Crippen LogP contribution in [0.5, 0.6) is 0 Å². The second kappa shape index (κ2) is 10.1. The van der Waals surface area contributed by atoms with Crippen LogP contribution in [0.3, 0.4) is 0 Å². The molecule has 1 saturated heterocycles. The van der Waals surface area contributed by atoms with Crippen molar-refractivity contribution in [2.24, 2.45) is 0 Å². The van der Waals surface area contributed by atoms with Crippen molar-refractivity contribution in [3.05, 3.63) is 66.5 Å². The fraction of sp³-hybridized carbons (Fsp3) is 0.345. The fourth-order valence-corrected chi connectivity index (χ4v) is 5.18. The quantitative estimate of drug-likeness (QED) is 0.416. The van der Waals surface area contributed by atoms with E-state index in [-0.39, 0.29) is 30.2 Å². The van der Waals surface area contributed by atoms with Gasteiger partial charge in [-0.05, 0) is 45.9 Å². The fourth-order valence-electron chi connectivity index (χ4n) is 5.18. The van der Waals surface area contributed by atoms with E-state index in [1.807, 2.05) is 13.8 Å². The number of hydrogen-bond donors (Lipinski definition) is 1. The maximum absolute atomic E-state index is 15.1. The van der Waals surface area contributed by atoms with Gasteiger partial charge < -0.3 is 14.9 Å². The number of carbonyl (C=O) groups excluding carboxylic acids is 1. The number of amides is 1. The molecule has 5 rings (SSSR count). The van der Waals surface area contributed by atoms with Crippen molar-refractivity contribution in [1.82, 2.24) is 24.4 Å². The Hall–Kier alpha value is -4.36. The molecule has 0 bridgehead atoms. The summed E-state index contributed by atoms with van der Waals surface area (Å²) in [6, 6.07) is 11.7. The summed E-state index contributed by atoms with van der Waals surface area (Å²) < 4.78 is 16.9. The van der Waals surface area contributed by atoms with Gasteiger partial charge in [-0.1, -0.05) is 18.2 Å². The summed E-state index contributed by atoms with van der Waals surface area (Å²) in [6.45, 7) is 8.19. The molecule has 39 heavy (non-hydrogen) atoms. The summed E-state index contributed by atoms with van der Waals surface area (Å²) >= 11 is 0. The van der Waals surface area contributed by atoms with E-state index in [0.717, 1.165) is 0 Å². The SMILES string of the molecule is C[C@@H]1CN(c2ncnc3c2c(-c2ccccc2F)cn3-c2cc(C#N)ccn2)[C@@H](C)CN1C(=O)CC(C)(C)O. The molecule has 0 saturated carbocycles. The number of benzene rings is 1. The molecule has 2 atom stereocenters. The second-order valence-corrected chi connectivity index (χ2v) is 10.7. The minimum absolute atomic E-state index is 0.0385. The van der Waals surface area contributed by atoms with Crippen LogP contribution >= 0.6 is 0 Å². The van der Waals surface area contributed by atoms with Crippen LogP contribution in [0.1, 0.15) is 39.7 Å². The maximum atomic E-state index is 15.1. The van der Waals surface area contributed by atoms with E-state index < -0.39 is 5.60 Å². The molecule has 1 aliphatic rings. The zero-order chi connectivity index (χ0) is 27.9. The Labute approximate surface area is 226 Å². The highest BCUT2D eigenvalue weighted by atomic mass is 19.1. The average molecular weight is 528 g/mol. The van der Waals surface area contributed by atoms with Gasteiger partial charge in [0.15, 0.2) is 5.65 Å². The first-order valence-electron chi connectivity index (χ1n) is 12.8. The van der Waals surface area contributed by atoms with Crippen LogP contribution in [0.2, 0.25) is 0 Å². The van der Waals surface area contributed by atoms with Gasteiger partial charge in [-0.25, -0.2) is 19.3 Å². The molecule has 1 fully saturated rings. The minimum Gasteiger partial charge on any atom is -0.390 e. The number of halogens is 1. The van der Waals surface area contributed by atoms with E-state index >= 15 is 4.39 Å². The van der Waals surface area contributed by atoms with Gasteiger partial charge in [0.25, 0.3) is 0 Å². The predicted octanol–water partition coefficient (Wildman–Crippen LogP) is 4.08. The van der Waals surface area contributed by atoms with Gasteiger partial charge in [0.05, 0.1) is 29.0 Å². The van der Waals surface area contributed by atoms with Crippen LogP contribution < -0.4 is 4.90 Å². The minimum atomic E-state index is -1.09. The Bertz CT molecular complexity index is 1590. The Morgan fingerprint density at radius 3 is 2.62 bits per heavy atom. The number of anilines is 1. The van der Waals surface area contributed by atoms with E-state index in [4.69, 9.17) is 0 Å². The number of aliphatic hydroxyl groups is 1. The molecule has 4 heterocycles. The van der Waals surface area contributed by atoms with Crippen molar-refractivity contribution < 1.29 is 14.3 Å². The van der Waals surface area contributed by atoms with Gasteiger partial charge in [0.1, 0.15) is 23.8 Å². The molecule has 0 radical (unpaired) electrons. The van der Waals surface area contributed by atoms with Gasteiger partial charge in [-0.2, -0.15) is 5.26 Å². The standard InChI is InChI=1S/C29H30FN7O2/c1-18-15-36(19(2)14-35(18)25(38)12-29(3,4)39)27-26-22(21-7-5-6-8-23(21)30)16-37(28(26)34-17-33-27)24-11-20(13-31)9-10-32-24/h5-11,16-19,39H,12,14-15H2,1-4H3/t18-,19+/m1/s1. The molecule has 1 aromatic carbocycles. The smallest absolute Gasteiger partial charge is 0.225 e. The lowest BCUT2D eigenvalue weighted by molar-refractivity contribution is -0.138. The molecule has 9 nitrogen and oxygen atoms in total. The molecule has 200 valence electrons. The lowest BCUT2D eigenvalue weighted by Crippen LogP contribution is -2.59. The number of piperazine rings is 1. The summed E-state index contributed by atoms with van der Waals surface area (Å²) in [5, 5.41) is 20.3. The van der Waals surface area contributed by atoms with Crippen molar-refractivity contribution in [3.8, 4) is 23.0 Å². The van der Waals surface area contributed by atoms with Gasteiger partial charge in [-0.3, -0.25) is 9.36 Å². The molecule has 1 amide bonds. The number of carbonyl (C=O) groups is 1. The summed E-state index contributed by atoms with van der Waals surface area (Å²) in [6.07, 6.45) is 4.84. The van der Waals surface area contributed by atoms with Gasteiger partial charge in [0, 0.05) is 48.7 Å². The first-order valence-corrected chi connectivity index (χ1v) is 12.8. The van der Waals surface area contributed by atoms with E-state index in [9.17, 15) is 15.2 Å². The van der Waals surface area contributed by atoms with Crippen molar-refractivity contribution >= 4 is 22.8 Å². The van der Waals surface area contributed by atoms with Crippen LogP contribution in [0.4, 0.5) is 10.2 Å². The Balaban J connectivity index is 1.64. The summed E-state index contributed by atoms with van der Waals surface area (Å²) in [4.78, 5) is 30.6. The van der Waals surface area contributed by atoms with Gasteiger partial charge in [0.2, 0.25) is 5.91 Å². The normalized spacial score (nSPS) is 17.9. The third-order valence-electron chi connectivity index (χ3n) is 7.01. The first-order chi connectivity index (χ1) is 18.6. The van der Waals surface area contributed by atoms with E-state index in [1.54, 1.807) is 66.0 Å². The van der Waals surface area contributed by atoms with Crippen LogP contribution in [-0.2, 0) is 4.79 Å². The highest BCUT2D eigenvalue weighted by molar-refractivity contribution is 6.02. The van der Waals surface area contributed by atoms with Crippen molar-refractivity contribution in [1.29, 1.82) is 5.26 Å². The highest BCUT2D eigenvalue weighted by Gasteiger charge is 2.36. The lowest BCUT2D eigenvalue weighted by Gasteiger charge is -2.45. The van der Waals surface area contributed by atoms with Crippen LogP contribution in [0.15, 0.2) is 55.1 Å². The van der Waals surface area contributed by atoms with Crippen LogP contribution in [0.25, 0.3) is 28.0 Å². The maximum Gasteiger partial charge on any atom is 0.225 e. The second-order valence-electron chi connectivity index (χ2n) is 10.7. The molecular weight excluding hydrogens is 497 g/mol. The van der Waals surface area contributed by atoms with E-state index in [1.165, 1.54) is 12.4 Å². The number of fused-ring (bicyclic) bond motifs is 1. The number of hydrogen-bond acceptors (Lipinski definition) is 7. The molecule has 1 N–H and O–H groups in total. The summed E-state index contributed by atoms with van der Waals surface area (Å²) in [5.41, 5.74) is 0.876. The summed E-state index contributed by atoms with van der Waals surface area (Å²) in [7, 11) is 0. The molecule has 0 spiro atoms. The predicted molar refractivity (Wildman–Crippen MR) is 146 cm³/mol. The largest absolute Gasteiger partial charge is 0.390 e. The number of pyridine rings is 1. The van der Waals surface area contributed by atoms with Crippen LogP contribution in [0, 0.1) is 17.1 Å². The zero-order valence-corrected chi connectivity index (χ0v) is 22.3.